The van der Waals surface area contributed by atoms with Gasteiger partial charge in [0.15, 0.2) is 0 Å². The quantitative estimate of drug-likeness (QED) is 0.253. The number of nitriles is 1. The number of unbranched alkanes of at least 4 members (excludes halogenated alkanes) is 4. The van der Waals surface area contributed by atoms with E-state index in [2.05, 4.69) is 6.07 Å². The molecule has 0 heterocycles. The maximum Gasteiger partial charge on any atom is 0.343 e. The van der Waals surface area contributed by atoms with Gasteiger partial charge in [-0.2, -0.15) is 5.26 Å². The fraction of sp³-hybridized carbons (Fsp3) is 0.261. The van der Waals surface area contributed by atoms with E-state index >= 15 is 0 Å². The molecule has 2 aromatic rings. The van der Waals surface area contributed by atoms with Crippen molar-refractivity contribution in [1.82, 2.24) is 0 Å². The third-order valence-electron chi connectivity index (χ3n) is 4.05. The summed E-state index contributed by atoms with van der Waals surface area (Å²) in [5.74, 6) is -0.446. The minimum Gasteiger partial charge on any atom is -0.494 e. The summed E-state index contributed by atoms with van der Waals surface area (Å²) in [5, 5.41) is 17.1. The Morgan fingerprint density at radius 3 is 2.24 bits per heavy atom. The Balaban J connectivity index is 1.78. The Morgan fingerprint density at radius 1 is 0.931 bits per heavy atom. The van der Waals surface area contributed by atoms with Crippen LogP contribution >= 0.6 is 0 Å². The summed E-state index contributed by atoms with van der Waals surface area (Å²) in [4.78, 5) is 22.7. The van der Waals surface area contributed by atoms with Crippen LogP contribution in [-0.4, -0.2) is 23.7 Å². The van der Waals surface area contributed by atoms with E-state index in [1.807, 2.05) is 0 Å². The van der Waals surface area contributed by atoms with Crippen LogP contribution in [0.3, 0.4) is 0 Å². The van der Waals surface area contributed by atoms with E-state index in [0.29, 0.717) is 35.7 Å². The molecule has 0 aromatic heterocycles. The number of carboxylic acid groups (broad SMARTS) is 1. The van der Waals surface area contributed by atoms with Crippen LogP contribution in [0.15, 0.2) is 54.6 Å². The molecular formula is C23H23NO5. The van der Waals surface area contributed by atoms with Crippen LogP contribution in [0.1, 0.15) is 48.0 Å². The van der Waals surface area contributed by atoms with Crippen molar-refractivity contribution in [3.63, 3.8) is 0 Å². The molecule has 6 heteroatoms. The lowest BCUT2D eigenvalue weighted by Gasteiger charge is -2.08. The molecule has 0 bridgehead atoms. The Hall–Kier alpha value is -3.59. The largest absolute Gasteiger partial charge is 0.494 e. The lowest BCUT2D eigenvalue weighted by Crippen LogP contribution is -2.08. The molecule has 0 aliphatic carbocycles. The summed E-state index contributed by atoms with van der Waals surface area (Å²) in [7, 11) is 0. The average molecular weight is 393 g/mol. The van der Waals surface area contributed by atoms with E-state index in [1.165, 1.54) is 6.08 Å². The van der Waals surface area contributed by atoms with Crippen molar-refractivity contribution in [2.45, 2.75) is 32.1 Å². The molecular weight excluding hydrogens is 370 g/mol. The summed E-state index contributed by atoms with van der Waals surface area (Å²) < 4.78 is 11.0. The predicted molar refractivity (Wildman–Crippen MR) is 109 cm³/mol. The molecule has 0 fully saturated rings. The molecule has 0 aliphatic heterocycles. The third-order valence-corrected chi connectivity index (χ3v) is 4.05. The number of benzene rings is 2. The average Bonchev–Trinajstić information content (AvgIpc) is 2.73. The molecule has 2 rings (SSSR count). The molecule has 0 saturated heterocycles. The normalized spacial score (nSPS) is 10.4. The van der Waals surface area contributed by atoms with Gasteiger partial charge in [-0.15, -0.1) is 0 Å². The maximum absolute atomic E-state index is 12.2. The first-order valence-corrected chi connectivity index (χ1v) is 9.41. The number of aliphatic carboxylic acids is 1. The van der Waals surface area contributed by atoms with E-state index in [9.17, 15) is 9.59 Å². The number of esters is 1. The Morgan fingerprint density at radius 2 is 1.59 bits per heavy atom. The highest BCUT2D eigenvalue weighted by Crippen LogP contribution is 2.17. The summed E-state index contributed by atoms with van der Waals surface area (Å²) in [6, 6.07) is 15.4. The van der Waals surface area contributed by atoms with Gasteiger partial charge < -0.3 is 14.6 Å². The van der Waals surface area contributed by atoms with E-state index < -0.39 is 11.9 Å². The van der Waals surface area contributed by atoms with Crippen molar-refractivity contribution in [2.24, 2.45) is 0 Å². The Kier molecular flexibility index (Phi) is 8.97. The zero-order chi connectivity index (χ0) is 20.9. The van der Waals surface area contributed by atoms with Gasteiger partial charge in [-0.25, -0.2) is 9.59 Å². The van der Waals surface area contributed by atoms with Crippen molar-refractivity contribution in [1.29, 1.82) is 5.26 Å². The van der Waals surface area contributed by atoms with Crippen LogP contribution in [-0.2, 0) is 4.79 Å². The predicted octanol–water partition coefficient (Wildman–Crippen LogP) is 4.86. The zero-order valence-corrected chi connectivity index (χ0v) is 16.0. The first kappa shape index (κ1) is 21.7. The van der Waals surface area contributed by atoms with Crippen LogP contribution in [0.2, 0.25) is 0 Å². The van der Waals surface area contributed by atoms with Crippen molar-refractivity contribution in [2.75, 3.05) is 6.61 Å². The second-order valence-corrected chi connectivity index (χ2v) is 6.33. The van der Waals surface area contributed by atoms with E-state index in [1.54, 1.807) is 48.5 Å². The highest BCUT2D eigenvalue weighted by Gasteiger charge is 2.09. The molecule has 0 aliphatic rings. The zero-order valence-electron chi connectivity index (χ0n) is 16.0. The van der Waals surface area contributed by atoms with Crippen molar-refractivity contribution < 1.29 is 24.2 Å². The molecule has 29 heavy (non-hydrogen) atoms. The van der Waals surface area contributed by atoms with Crippen molar-refractivity contribution >= 4 is 18.0 Å². The molecule has 0 spiro atoms. The fourth-order valence-corrected chi connectivity index (χ4v) is 2.52. The SMILES string of the molecule is N#CCCCCCCOc1ccc(C(=O)Oc2ccc(/C=C/C(=O)O)cc2)cc1. The smallest absolute Gasteiger partial charge is 0.343 e. The van der Waals surface area contributed by atoms with E-state index in [0.717, 1.165) is 31.8 Å². The second-order valence-electron chi connectivity index (χ2n) is 6.33. The number of rotatable bonds is 11. The lowest BCUT2D eigenvalue weighted by molar-refractivity contribution is -0.131. The molecule has 6 nitrogen and oxygen atoms in total. The first-order valence-electron chi connectivity index (χ1n) is 9.41. The molecule has 0 unspecified atom stereocenters. The summed E-state index contributed by atoms with van der Waals surface area (Å²) in [6.45, 7) is 0.596. The minimum absolute atomic E-state index is 0.374. The van der Waals surface area contributed by atoms with Crippen LogP contribution in [0.25, 0.3) is 6.08 Å². The van der Waals surface area contributed by atoms with Gasteiger partial charge in [0.25, 0.3) is 0 Å². The number of hydrogen-bond acceptors (Lipinski definition) is 5. The van der Waals surface area contributed by atoms with Gasteiger partial charge in [0.2, 0.25) is 0 Å². The topological polar surface area (TPSA) is 96.6 Å². The lowest BCUT2D eigenvalue weighted by atomic mass is 10.1. The highest BCUT2D eigenvalue weighted by atomic mass is 16.5. The molecule has 0 radical (unpaired) electrons. The summed E-state index contributed by atoms with van der Waals surface area (Å²) in [6.07, 6.45) is 7.00. The highest BCUT2D eigenvalue weighted by molar-refractivity contribution is 5.91. The van der Waals surface area contributed by atoms with Crippen LogP contribution in [0.4, 0.5) is 0 Å². The Bertz CT molecular complexity index is 864. The monoisotopic (exact) mass is 393 g/mol. The van der Waals surface area contributed by atoms with E-state index in [4.69, 9.17) is 19.8 Å². The maximum atomic E-state index is 12.2. The van der Waals surface area contributed by atoms with Crippen molar-refractivity contribution in [3.8, 4) is 17.6 Å². The van der Waals surface area contributed by atoms with E-state index in [-0.39, 0.29) is 0 Å². The van der Waals surface area contributed by atoms with Gasteiger partial charge in [0.1, 0.15) is 11.5 Å². The van der Waals surface area contributed by atoms with Gasteiger partial charge in [-0.1, -0.05) is 25.0 Å². The van der Waals surface area contributed by atoms with Gasteiger partial charge in [-0.05, 0) is 60.9 Å². The number of carbonyl (C=O) groups is 2. The molecule has 0 amide bonds. The minimum atomic E-state index is -1.02. The number of carboxylic acids is 1. The molecule has 1 N–H and O–H groups in total. The fourth-order valence-electron chi connectivity index (χ4n) is 2.52. The standard InChI is InChI=1S/C23H23NO5/c24-16-4-2-1-3-5-17-28-20-13-9-19(10-14-20)23(27)29-21-11-6-18(7-12-21)8-15-22(25)26/h6-15H,1-5,17H2,(H,25,26)/b15-8+. The van der Waals surface area contributed by atoms with Crippen LogP contribution in [0, 0.1) is 11.3 Å². The Labute approximate surface area is 170 Å². The van der Waals surface area contributed by atoms with Gasteiger partial charge in [0, 0.05) is 12.5 Å². The van der Waals surface area contributed by atoms with Crippen LogP contribution in [0.5, 0.6) is 11.5 Å². The van der Waals surface area contributed by atoms with Crippen molar-refractivity contribution in [3.05, 3.63) is 65.7 Å². The summed E-state index contributed by atoms with van der Waals surface area (Å²) in [5.41, 5.74) is 1.10. The van der Waals surface area contributed by atoms with Crippen LogP contribution < -0.4 is 9.47 Å². The molecule has 2 aromatic carbocycles. The van der Waals surface area contributed by atoms with Gasteiger partial charge in [-0.3, -0.25) is 0 Å². The molecule has 150 valence electrons. The third kappa shape index (κ3) is 8.31. The van der Waals surface area contributed by atoms with Gasteiger partial charge in [0.05, 0.1) is 18.2 Å². The summed E-state index contributed by atoms with van der Waals surface area (Å²) >= 11 is 0. The number of nitrogens with zero attached hydrogens (tertiary/aromatic N) is 1. The molecule has 0 atom stereocenters. The van der Waals surface area contributed by atoms with Gasteiger partial charge >= 0.3 is 11.9 Å². The second kappa shape index (κ2) is 12.0. The number of carbonyl (C=O) groups excluding carboxylic acids is 1. The first-order chi connectivity index (χ1) is 14.1. The number of hydrogen-bond donors (Lipinski definition) is 1. The number of ether oxygens (including phenoxy) is 2. The molecule has 0 saturated carbocycles.